The Morgan fingerprint density at radius 2 is 1.53 bits per heavy atom. The molecule has 0 spiro atoms. The molecule has 0 aromatic heterocycles. The molecule has 100 valence electrons. The highest BCUT2D eigenvalue weighted by Gasteiger charge is 2.25. The van der Waals surface area contributed by atoms with Crippen molar-refractivity contribution >= 4 is 0 Å². The highest BCUT2D eigenvalue weighted by atomic mass is 15.2. The topological polar surface area (TPSA) is 18.5 Å². The second kappa shape index (κ2) is 6.17. The number of piperidine rings is 1. The van der Waals surface area contributed by atoms with Gasteiger partial charge in [-0.3, -0.25) is 0 Å². The van der Waals surface area contributed by atoms with Crippen LogP contribution in [0.15, 0.2) is 0 Å². The Labute approximate surface area is 107 Å². The Morgan fingerprint density at radius 1 is 0.882 bits per heavy atom. The molecule has 0 bridgehead atoms. The van der Waals surface area contributed by atoms with Crippen molar-refractivity contribution in [1.29, 1.82) is 0 Å². The van der Waals surface area contributed by atoms with E-state index in [0.717, 1.165) is 0 Å². The SMILES string of the molecule is CC1(C)CCN(CCN2CCCNCC2)CC1. The van der Waals surface area contributed by atoms with Gasteiger partial charge in [0.2, 0.25) is 0 Å². The summed E-state index contributed by atoms with van der Waals surface area (Å²) in [5, 5.41) is 3.47. The Morgan fingerprint density at radius 3 is 2.24 bits per heavy atom. The van der Waals surface area contributed by atoms with Crippen molar-refractivity contribution in [2.75, 3.05) is 52.4 Å². The van der Waals surface area contributed by atoms with E-state index in [4.69, 9.17) is 0 Å². The van der Waals surface area contributed by atoms with E-state index in [-0.39, 0.29) is 0 Å². The standard InChI is InChI=1S/C14H29N3/c1-14(2)4-9-17(10-5-14)13-12-16-8-3-6-15-7-11-16/h15H,3-13H2,1-2H3. The highest BCUT2D eigenvalue weighted by Crippen LogP contribution is 2.29. The zero-order valence-corrected chi connectivity index (χ0v) is 11.7. The largest absolute Gasteiger partial charge is 0.315 e. The van der Waals surface area contributed by atoms with Gasteiger partial charge < -0.3 is 15.1 Å². The Balaban J connectivity index is 1.64. The molecule has 0 atom stereocenters. The van der Waals surface area contributed by atoms with Crippen molar-refractivity contribution in [2.45, 2.75) is 33.1 Å². The van der Waals surface area contributed by atoms with Crippen LogP contribution in [0.4, 0.5) is 0 Å². The highest BCUT2D eigenvalue weighted by molar-refractivity contribution is 4.79. The van der Waals surface area contributed by atoms with Gasteiger partial charge in [-0.25, -0.2) is 0 Å². The van der Waals surface area contributed by atoms with Gasteiger partial charge in [-0.15, -0.1) is 0 Å². The lowest BCUT2D eigenvalue weighted by Crippen LogP contribution is -2.42. The van der Waals surface area contributed by atoms with Crippen molar-refractivity contribution in [3.63, 3.8) is 0 Å². The predicted molar refractivity (Wildman–Crippen MR) is 73.4 cm³/mol. The van der Waals surface area contributed by atoms with Gasteiger partial charge in [0.05, 0.1) is 0 Å². The van der Waals surface area contributed by atoms with E-state index < -0.39 is 0 Å². The third-order valence-corrected chi connectivity index (χ3v) is 4.37. The van der Waals surface area contributed by atoms with Crippen LogP contribution < -0.4 is 5.32 Å². The van der Waals surface area contributed by atoms with Crippen LogP contribution in [-0.4, -0.2) is 62.2 Å². The minimum Gasteiger partial charge on any atom is -0.315 e. The van der Waals surface area contributed by atoms with Crippen molar-refractivity contribution in [3.05, 3.63) is 0 Å². The molecule has 3 heteroatoms. The normalized spacial score (nSPS) is 27.9. The first-order valence-corrected chi connectivity index (χ1v) is 7.31. The molecule has 17 heavy (non-hydrogen) atoms. The predicted octanol–water partition coefficient (Wildman–Crippen LogP) is 1.40. The quantitative estimate of drug-likeness (QED) is 0.803. The molecule has 1 N–H and O–H groups in total. The van der Waals surface area contributed by atoms with Crippen LogP contribution in [0, 0.1) is 5.41 Å². The van der Waals surface area contributed by atoms with Crippen molar-refractivity contribution in [1.82, 2.24) is 15.1 Å². The fourth-order valence-electron chi connectivity index (χ4n) is 2.79. The molecule has 0 aromatic carbocycles. The first-order valence-electron chi connectivity index (χ1n) is 7.31. The molecule has 0 aromatic rings. The summed E-state index contributed by atoms with van der Waals surface area (Å²) in [5.74, 6) is 0. The van der Waals surface area contributed by atoms with Gasteiger partial charge in [0, 0.05) is 26.2 Å². The first-order chi connectivity index (χ1) is 8.16. The molecule has 2 heterocycles. The van der Waals surface area contributed by atoms with E-state index in [2.05, 4.69) is 29.0 Å². The van der Waals surface area contributed by atoms with E-state index in [1.54, 1.807) is 0 Å². The fourth-order valence-corrected chi connectivity index (χ4v) is 2.79. The molecule has 2 rings (SSSR count). The molecule has 2 aliphatic rings. The summed E-state index contributed by atoms with van der Waals surface area (Å²) in [6.07, 6.45) is 4.05. The van der Waals surface area contributed by atoms with Crippen LogP contribution >= 0.6 is 0 Å². The number of nitrogens with zero attached hydrogens (tertiary/aromatic N) is 2. The summed E-state index contributed by atoms with van der Waals surface area (Å²) in [5.41, 5.74) is 0.586. The number of likely N-dealkylation sites (tertiary alicyclic amines) is 1. The average Bonchev–Trinajstić information content (AvgIpc) is 2.56. The van der Waals surface area contributed by atoms with E-state index in [9.17, 15) is 0 Å². The molecule has 2 saturated heterocycles. The molecule has 3 nitrogen and oxygen atoms in total. The van der Waals surface area contributed by atoms with Crippen LogP contribution in [0.2, 0.25) is 0 Å². The Kier molecular flexibility index (Phi) is 4.83. The van der Waals surface area contributed by atoms with Crippen molar-refractivity contribution in [2.24, 2.45) is 5.41 Å². The van der Waals surface area contributed by atoms with Crippen molar-refractivity contribution < 1.29 is 0 Å². The van der Waals surface area contributed by atoms with E-state index >= 15 is 0 Å². The van der Waals surface area contributed by atoms with Crippen LogP contribution in [0.3, 0.4) is 0 Å². The number of hydrogen-bond acceptors (Lipinski definition) is 3. The smallest absolute Gasteiger partial charge is 0.0110 e. The maximum Gasteiger partial charge on any atom is 0.0110 e. The number of rotatable bonds is 3. The van der Waals surface area contributed by atoms with Gasteiger partial charge >= 0.3 is 0 Å². The summed E-state index contributed by atoms with van der Waals surface area (Å²) in [6, 6.07) is 0. The average molecular weight is 239 g/mol. The Hall–Kier alpha value is -0.120. The van der Waals surface area contributed by atoms with Gasteiger partial charge in [0.1, 0.15) is 0 Å². The maximum absolute atomic E-state index is 3.47. The third-order valence-electron chi connectivity index (χ3n) is 4.37. The second-order valence-corrected chi connectivity index (χ2v) is 6.45. The number of nitrogens with one attached hydrogen (secondary N) is 1. The van der Waals surface area contributed by atoms with Crippen LogP contribution in [0.1, 0.15) is 33.1 Å². The second-order valence-electron chi connectivity index (χ2n) is 6.45. The van der Waals surface area contributed by atoms with Gasteiger partial charge in [0.15, 0.2) is 0 Å². The van der Waals surface area contributed by atoms with Crippen LogP contribution in [0.5, 0.6) is 0 Å². The van der Waals surface area contributed by atoms with Crippen LogP contribution in [-0.2, 0) is 0 Å². The lowest BCUT2D eigenvalue weighted by molar-refractivity contribution is 0.119. The summed E-state index contributed by atoms with van der Waals surface area (Å²) in [6.45, 7) is 14.9. The van der Waals surface area contributed by atoms with Crippen molar-refractivity contribution in [3.8, 4) is 0 Å². The summed E-state index contributed by atoms with van der Waals surface area (Å²) >= 11 is 0. The number of hydrogen-bond donors (Lipinski definition) is 1. The monoisotopic (exact) mass is 239 g/mol. The molecule has 0 unspecified atom stereocenters. The summed E-state index contributed by atoms with van der Waals surface area (Å²) in [4.78, 5) is 5.28. The summed E-state index contributed by atoms with van der Waals surface area (Å²) in [7, 11) is 0. The zero-order chi connectivity index (χ0) is 12.1. The van der Waals surface area contributed by atoms with E-state index in [1.165, 1.54) is 71.6 Å². The minimum atomic E-state index is 0.586. The fraction of sp³-hybridized carbons (Fsp3) is 1.00. The molecule has 2 aliphatic heterocycles. The molecule has 2 fully saturated rings. The van der Waals surface area contributed by atoms with Crippen LogP contribution in [0.25, 0.3) is 0 Å². The molecular weight excluding hydrogens is 210 g/mol. The van der Waals surface area contributed by atoms with E-state index in [1.807, 2.05) is 0 Å². The van der Waals surface area contributed by atoms with E-state index in [0.29, 0.717) is 5.41 Å². The molecule has 0 amide bonds. The lowest BCUT2D eigenvalue weighted by Gasteiger charge is -2.37. The molecular formula is C14H29N3. The maximum atomic E-state index is 3.47. The molecule has 0 saturated carbocycles. The summed E-state index contributed by atoms with van der Waals surface area (Å²) < 4.78 is 0. The Bertz CT molecular complexity index is 210. The van der Waals surface area contributed by atoms with Gasteiger partial charge in [-0.2, -0.15) is 0 Å². The zero-order valence-electron chi connectivity index (χ0n) is 11.7. The van der Waals surface area contributed by atoms with Gasteiger partial charge in [-0.05, 0) is 50.9 Å². The minimum absolute atomic E-state index is 0.586. The molecule has 0 aliphatic carbocycles. The first kappa shape index (κ1) is 13.3. The van der Waals surface area contributed by atoms with Gasteiger partial charge in [-0.1, -0.05) is 13.8 Å². The van der Waals surface area contributed by atoms with Gasteiger partial charge in [0.25, 0.3) is 0 Å². The third kappa shape index (κ3) is 4.57. The molecule has 0 radical (unpaired) electrons. The lowest BCUT2D eigenvalue weighted by atomic mass is 9.83.